The number of carbonyl (C=O) groups excluding carboxylic acids is 1. The number of phenols is 1. The fourth-order valence-electron chi connectivity index (χ4n) is 2.92. The van der Waals surface area contributed by atoms with E-state index in [2.05, 4.69) is 15.5 Å². The Kier molecular flexibility index (Phi) is 6.23. The number of phenolic OH excluding ortho intramolecular Hbond substituents is 1. The first-order valence-electron chi connectivity index (χ1n) is 9.44. The molecular weight excluding hydrogens is 416 g/mol. The van der Waals surface area contributed by atoms with Crippen LogP contribution < -0.4 is 10.1 Å². The molecule has 158 valence electrons. The van der Waals surface area contributed by atoms with Crippen LogP contribution in [0.3, 0.4) is 0 Å². The largest absolute Gasteiger partial charge is 0.508 e. The lowest BCUT2D eigenvalue weighted by molar-refractivity contribution is -0.113. The minimum absolute atomic E-state index is 0.158. The van der Waals surface area contributed by atoms with Gasteiger partial charge in [-0.2, -0.15) is 0 Å². The van der Waals surface area contributed by atoms with Gasteiger partial charge in [0, 0.05) is 11.3 Å². The van der Waals surface area contributed by atoms with Gasteiger partial charge in [0.05, 0.1) is 25.7 Å². The number of ether oxygens (including phenoxy) is 1. The topological polar surface area (TPSA) is 102 Å². The van der Waals surface area contributed by atoms with E-state index in [1.54, 1.807) is 61.9 Å². The van der Waals surface area contributed by atoms with Crippen molar-refractivity contribution >= 4 is 23.4 Å². The summed E-state index contributed by atoms with van der Waals surface area (Å²) in [6.07, 6.45) is 1.61. The summed E-state index contributed by atoms with van der Waals surface area (Å²) in [4.78, 5) is 12.4. The average molecular weight is 436 g/mol. The van der Waals surface area contributed by atoms with E-state index in [-0.39, 0.29) is 17.4 Å². The van der Waals surface area contributed by atoms with Crippen molar-refractivity contribution in [2.24, 2.45) is 0 Å². The number of hydrogen-bond donors (Lipinski definition) is 2. The predicted molar refractivity (Wildman–Crippen MR) is 117 cm³/mol. The Bertz CT molecular complexity index is 1140. The van der Waals surface area contributed by atoms with E-state index in [1.807, 2.05) is 16.7 Å². The first-order chi connectivity index (χ1) is 15.1. The second kappa shape index (κ2) is 9.40. The Hall–Kier alpha value is -3.72. The molecule has 0 saturated carbocycles. The molecule has 0 aliphatic heterocycles. The van der Waals surface area contributed by atoms with Gasteiger partial charge in [-0.05, 0) is 60.7 Å². The van der Waals surface area contributed by atoms with Crippen LogP contribution in [0, 0.1) is 0 Å². The first-order valence-corrected chi connectivity index (χ1v) is 10.4. The Morgan fingerprint density at radius 1 is 1.13 bits per heavy atom. The number of rotatable bonds is 8. The van der Waals surface area contributed by atoms with Crippen LogP contribution in [0.2, 0.25) is 0 Å². The Balaban J connectivity index is 1.50. The molecule has 0 unspecified atom stereocenters. The molecule has 0 atom stereocenters. The van der Waals surface area contributed by atoms with Crippen molar-refractivity contribution in [1.82, 2.24) is 14.8 Å². The SMILES string of the molecule is COc1ccc(NC(=O)CSc2nnc(-c3ccc(O)cc3)n2Cc2ccco2)cc1. The predicted octanol–water partition coefficient (Wildman–Crippen LogP) is 4.03. The highest BCUT2D eigenvalue weighted by molar-refractivity contribution is 7.99. The lowest BCUT2D eigenvalue weighted by atomic mass is 10.2. The number of nitrogens with zero attached hydrogens (tertiary/aromatic N) is 3. The molecule has 4 aromatic rings. The van der Waals surface area contributed by atoms with Crippen molar-refractivity contribution in [3.63, 3.8) is 0 Å². The quantitative estimate of drug-likeness (QED) is 0.402. The third-order valence-electron chi connectivity index (χ3n) is 4.44. The van der Waals surface area contributed by atoms with Gasteiger partial charge in [0.2, 0.25) is 5.91 Å². The van der Waals surface area contributed by atoms with Gasteiger partial charge in [-0.15, -0.1) is 10.2 Å². The smallest absolute Gasteiger partial charge is 0.234 e. The molecule has 0 radical (unpaired) electrons. The molecule has 1 amide bonds. The molecule has 31 heavy (non-hydrogen) atoms. The third kappa shape index (κ3) is 5.07. The van der Waals surface area contributed by atoms with Gasteiger partial charge in [0.25, 0.3) is 0 Å². The molecule has 2 N–H and O–H groups in total. The molecule has 8 nitrogen and oxygen atoms in total. The molecule has 0 fully saturated rings. The number of amides is 1. The van der Waals surface area contributed by atoms with E-state index < -0.39 is 0 Å². The molecule has 0 saturated heterocycles. The van der Waals surface area contributed by atoms with Crippen molar-refractivity contribution < 1.29 is 19.1 Å². The molecule has 4 rings (SSSR count). The number of aromatic nitrogens is 3. The van der Waals surface area contributed by atoms with E-state index in [0.29, 0.717) is 23.2 Å². The number of aromatic hydroxyl groups is 1. The lowest BCUT2D eigenvalue weighted by Crippen LogP contribution is -2.14. The van der Waals surface area contributed by atoms with Gasteiger partial charge in [0.1, 0.15) is 17.3 Å². The van der Waals surface area contributed by atoms with Crippen LogP contribution in [0.5, 0.6) is 11.5 Å². The molecule has 0 aliphatic rings. The molecule has 2 aromatic heterocycles. The van der Waals surface area contributed by atoms with Crippen LogP contribution in [0.1, 0.15) is 5.76 Å². The maximum absolute atomic E-state index is 12.4. The van der Waals surface area contributed by atoms with Crippen molar-refractivity contribution in [2.45, 2.75) is 11.7 Å². The standard InChI is InChI=1S/C22H20N4O4S/c1-29-18-10-6-16(7-11-18)23-20(28)14-31-22-25-24-21(15-4-8-17(27)9-5-15)26(22)13-19-3-2-12-30-19/h2-12,27H,13-14H2,1H3,(H,23,28). The second-order valence-corrected chi connectivity index (χ2v) is 7.53. The van der Waals surface area contributed by atoms with Gasteiger partial charge in [-0.25, -0.2) is 0 Å². The summed E-state index contributed by atoms with van der Waals surface area (Å²) in [5, 5.41) is 21.6. The number of thioether (sulfide) groups is 1. The number of carbonyl (C=O) groups is 1. The maximum atomic E-state index is 12.4. The highest BCUT2D eigenvalue weighted by Gasteiger charge is 2.17. The summed E-state index contributed by atoms with van der Waals surface area (Å²) in [5.41, 5.74) is 1.49. The molecule has 0 bridgehead atoms. The number of methoxy groups -OCH3 is 1. The number of hydrogen-bond acceptors (Lipinski definition) is 7. The van der Waals surface area contributed by atoms with Crippen LogP contribution in [0.25, 0.3) is 11.4 Å². The molecule has 2 aromatic carbocycles. The summed E-state index contributed by atoms with van der Waals surface area (Å²) < 4.78 is 12.5. The van der Waals surface area contributed by atoms with Crippen LogP contribution in [0.4, 0.5) is 5.69 Å². The maximum Gasteiger partial charge on any atom is 0.234 e. The van der Waals surface area contributed by atoms with Crippen molar-refractivity contribution in [2.75, 3.05) is 18.2 Å². The highest BCUT2D eigenvalue weighted by Crippen LogP contribution is 2.27. The zero-order chi connectivity index (χ0) is 21.6. The van der Waals surface area contributed by atoms with Gasteiger partial charge in [-0.3, -0.25) is 9.36 Å². The molecular formula is C22H20N4O4S. The molecule has 0 spiro atoms. The molecule has 2 heterocycles. The average Bonchev–Trinajstić information content (AvgIpc) is 3.44. The number of furan rings is 1. The minimum Gasteiger partial charge on any atom is -0.508 e. The van der Waals surface area contributed by atoms with E-state index in [4.69, 9.17) is 9.15 Å². The monoisotopic (exact) mass is 436 g/mol. The van der Waals surface area contributed by atoms with Crippen LogP contribution >= 0.6 is 11.8 Å². The summed E-state index contributed by atoms with van der Waals surface area (Å²) in [7, 11) is 1.59. The van der Waals surface area contributed by atoms with Gasteiger partial charge in [0.15, 0.2) is 11.0 Å². The van der Waals surface area contributed by atoms with Gasteiger partial charge in [-0.1, -0.05) is 11.8 Å². The van der Waals surface area contributed by atoms with Crippen molar-refractivity contribution in [1.29, 1.82) is 0 Å². The second-order valence-electron chi connectivity index (χ2n) is 6.58. The minimum atomic E-state index is -0.158. The van der Waals surface area contributed by atoms with E-state index in [0.717, 1.165) is 17.1 Å². The number of benzene rings is 2. The fraction of sp³-hybridized carbons (Fsp3) is 0.136. The van der Waals surface area contributed by atoms with Crippen LogP contribution in [-0.4, -0.2) is 38.6 Å². The number of nitrogens with one attached hydrogen (secondary N) is 1. The molecule has 0 aliphatic carbocycles. The fourth-order valence-corrected chi connectivity index (χ4v) is 3.66. The van der Waals surface area contributed by atoms with Crippen LogP contribution in [-0.2, 0) is 11.3 Å². The Morgan fingerprint density at radius 3 is 2.58 bits per heavy atom. The van der Waals surface area contributed by atoms with E-state index in [1.165, 1.54) is 11.8 Å². The summed E-state index contributed by atoms with van der Waals surface area (Å²) >= 11 is 1.28. The Labute approximate surface area is 182 Å². The van der Waals surface area contributed by atoms with Crippen LogP contribution in [0.15, 0.2) is 76.5 Å². The van der Waals surface area contributed by atoms with E-state index >= 15 is 0 Å². The van der Waals surface area contributed by atoms with E-state index in [9.17, 15) is 9.90 Å². The van der Waals surface area contributed by atoms with Gasteiger partial charge < -0.3 is 19.6 Å². The number of anilines is 1. The zero-order valence-electron chi connectivity index (χ0n) is 16.7. The third-order valence-corrected chi connectivity index (χ3v) is 5.41. The zero-order valence-corrected chi connectivity index (χ0v) is 17.5. The summed E-state index contributed by atoms with van der Waals surface area (Å²) in [6, 6.07) is 17.5. The normalized spacial score (nSPS) is 10.7. The molecule has 9 heteroatoms. The summed E-state index contributed by atoms with van der Waals surface area (Å²) in [5.74, 6) is 2.26. The van der Waals surface area contributed by atoms with Crippen molar-refractivity contribution in [3.05, 3.63) is 72.7 Å². The highest BCUT2D eigenvalue weighted by atomic mass is 32.2. The lowest BCUT2D eigenvalue weighted by Gasteiger charge is -2.09. The summed E-state index contributed by atoms with van der Waals surface area (Å²) in [6.45, 7) is 0.415. The van der Waals surface area contributed by atoms with Gasteiger partial charge >= 0.3 is 0 Å². The van der Waals surface area contributed by atoms with Crippen molar-refractivity contribution in [3.8, 4) is 22.9 Å². The Morgan fingerprint density at radius 2 is 1.90 bits per heavy atom. The first kappa shape index (κ1) is 20.5.